The normalized spacial score (nSPS) is 12.5. The van der Waals surface area contributed by atoms with Crippen molar-refractivity contribution in [1.82, 2.24) is 0 Å². The predicted octanol–water partition coefficient (Wildman–Crippen LogP) is 7.58. The third-order valence-electron chi connectivity index (χ3n) is 5.19. The Morgan fingerprint density at radius 3 is 2.04 bits per heavy atom. The maximum Gasteiger partial charge on any atom is 0.548 e. The number of unbranched alkanes of at least 4 members (excludes halogenated alkanes) is 7. The van der Waals surface area contributed by atoms with E-state index in [1.54, 1.807) is 0 Å². The van der Waals surface area contributed by atoms with E-state index >= 15 is 0 Å². The van der Waals surface area contributed by atoms with E-state index in [1.807, 2.05) is 12.1 Å². The molecule has 2 atom stereocenters. The molecule has 1 aromatic rings. The van der Waals surface area contributed by atoms with Crippen LogP contribution >= 0.6 is 8.03 Å². The van der Waals surface area contributed by atoms with E-state index in [0.29, 0.717) is 12.5 Å². The maximum absolute atomic E-state index is 12.4. The molecule has 0 radical (unpaired) electrons. The zero-order valence-corrected chi connectivity index (χ0v) is 19.5. The van der Waals surface area contributed by atoms with E-state index in [9.17, 15) is 4.57 Å². The summed E-state index contributed by atoms with van der Waals surface area (Å²) in [6.07, 6.45) is 15.2. The molecule has 1 rings (SSSR count). The first kappa shape index (κ1) is 26.8. The Morgan fingerprint density at radius 1 is 0.852 bits per heavy atom. The largest absolute Gasteiger partial charge is 0.548 e. The quantitative estimate of drug-likeness (QED) is 0.151. The average molecular weight is 438 g/mol. The molecule has 4 heteroatoms. The Bertz CT molecular complexity index is 476. The van der Waals surface area contributed by atoms with Crippen LogP contribution in [0.3, 0.4) is 0 Å². The number of hydrogen-bond donors (Lipinski definition) is 0. The maximum atomic E-state index is 12.4. The van der Waals surface area contributed by atoms with Crippen LogP contribution in [-0.2, 0) is 32.0 Å². The Labute approximate surface area is 179 Å². The fourth-order valence-corrected chi connectivity index (χ4v) is 4.10. The monoisotopic (exact) mass is 437 g/mol. The Balaban J connectivity index is 0.00000676. The molecule has 0 aliphatic carbocycles. The van der Waals surface area contributed by atoms with E-state index < -0.39 is 8.03 Å². The molecule has 1 aromatic carbocycles. The van der Waals surface area contributed by atoms with Crippen LogP contribution in [0.15, 0.2) is 24.3 Å². The van der Waals surface area contributed by atoms with Crippen molar-refractivity contribution in [3.8, 4) is 0 Å². The van der Waals surface area contributed by atoms with Gasteiger partial charge in [0.25, 0.3) is 0 Å². The van der Waals surface area contributed by atoms with Crippen molar-refractivity contribution in [2.45, 2.75) is 97.8 Å². The van der Waals surface area contributed by atoms with Gasteiger partial charge in [0.15, 0.2) is 0 Å². The molecule has 0 aromatic heterocycles. The van der Waals surface area contributed by atoms with Gasteiger partial charge in [0.05, 0.1) is 0 Å². The fraction of sp³-hybridized carbons (Fsp3) is 0.739. The standard InChI is InChI=1S/C23H40O2P.Ni/c1-4-7-9-10-11-12-13-15-22-16-18-23(19-17-22)26(24)25-20-21(6-3)14-8-5-2;/h16-19,21H,4-15,20H2,1-3H3;/q+1;. The van der Waals surface area contributed by atoms with Gasteiger partial charge in [0.1, 0.15) is 6.61 Å². The number of benzene rings is 1. The van der Waals surface area contributed by atoms with Crippen LogP contribution in [0.5, 0.6) is 0 Å². The van der Waals surface area contributed by atoms with Crippen molar-refractivity contribution >= 4 is 13.3 Å². The molecule has 0 aliphatic heterocycles. The SMILES string of the molecule is CCCCCCCCCc1ccc([P+](=O)OCC(CC)CCCC)cc1.[Ni]. The molecule has 27 heavy (non-hydrogen) atoms. The summed E-state index contributed by atoms with van der Waals surface area (Å²) in [6, 6.07) is 8.22. The molecule has 0 heterocycles. The van der Waals surface area contributed by atoms with Gasteiger partial charge >= 0.3 is 8.03 Å². The van der Waals surface area contributed by atoms with Gasteiger partial charge in [-0.3, -0.25) is 0 Å². The van der Waals surface area contributed by atoms with Crippen LogP contribution in [0.4, 0.5) is 0 Å². The van der Waals surface area contributed by atoms with Gasteiger partial charge < -0.3 is 0 Å². The molecule has 0 bridgehead atoms. The van der Waals surface area contributed by atoms with Gasteiger partial charge in [-0.25, -0.2) is 0 Å². The molecular weight excluding hydrogens is 398 g/mol. The van der Waals surface area contributed by atoms with Crippen LogP contribution in [0, 0.1) is 5.92 Å². The molecule has 0 saturated carbocycles. The first-order chi connectivity index (χ1) is 12.7. The van der Waals surface area contributed by atoms with Crippen LogP contribution in [0.25, 0.3) is 0 Å². The van der Waals surface area contributed by atoms with E-state index in [1.165, 1.54) is 69.8 Å². The predicted molar refractivity (Wildman–Crippen MR) is 115 cm³/mol. The van der Waals surface area contributed by atoms with Crippen molar-refractivity contribution in [1.29, 1.82) is 0 Å². The van der Waals surface area contributed by atoms with Gasteiger partial charge in [0, 0.05) is 16.5 Å². The summed E-state index contributed by atoms with van der Waals surface area (Å²) in [5, 5.41) is 0.827. The van der Waals surface area contributed by atoms with Crippen molar-refractivity contribution in [2.24, 2.45) is 5.92 Å². The summed E-state index contributed by atoms with van der Waals surface area (Å²) in [5.41, 5.74) is 1.35. The number of hydrogen-bond acceptors (Lipinski definition) is 2. The molecule has 0 spiro atoms. The van der Waals surface area contributed by atoms with Gasteiger partial charge in [-0.2, -0.15) is 0 Å². The van der Waals surface area contributed by atoms with Crippen molar-refractivity contribution in [3.63, 3.8) is 0 Å². The van der Waals surface area contributed by atoms with E-state index in [0.717, 1.165) is 18.1 Å². The van der Waals surface area contributed by atoms with Crippen LogP contribution in [0.1, 0.15) is 97.0 Å². The van der Waals surface area contributed by atoms with E-state index in [2.05, 4.69) is 32.9 Å². The van der Waals surface area contributed by atoms with Gasteiger partial charge in [-0.05, 0) is 47.4 Å². The second-order valence-electron chi connectivity index (χ2n) is 7.51. The second kappa shape index (κ2) is 17.8. The molecule has 2 nitrogen and oxygen atoms in total. The van der Waals surface area contributed by atoms with Crippen LogP contribution < -0.4 is 5.30 Å². The van der Waals surface area contributed by atoms with Crippen LogP contribution in [0.2, 0.25) is 0 Å². The van der Waals surface area contributed by atoms with E-state index in [-0.39, 0.29) is 16.5 Å². The summed E-state index contributed by atoms with van der Waals surface area (Å²) in [6.45, 7) is 7.28. The Kier molecular flexibility index (Phi) is 17.7. The molecular formula is C23H40NiO2P+. The van der Waals surface area contributed by atoms with Gasteiger partial charge in [-0.15, -0.1) is 4.52 Å². The summed E-state index contributed by atoms with van der Waals surface area (Å²) >= 11 is 0. The number of aryl methyl sites for hydroxylation is 1. The minimum atomic E-state index is -1.72. The fourth-order valence-electron chi connectivity index (χ4n) is 3.22. The molecule has 0 amide bonds. The topological polar surface area (TPSA) is 26.3 Å². The van der Waals surface area contributed by atoms with E-state index in [4.69, 9.17) is 4.52 Å². The molecule has 0 fully saturated rings. The van der Waals surface area contributed by atoms with Crippen molar-refractivity contribution in [2.75, 3.05) is 6.61 Å². The van der Waals surface area contributed by atoms with Gasteiger partial charge in [0.2, 0.25) is 5.30 Å². The molecule has 2 unspecified atom stereocenters. The summed E-state index contributed by atoms with van der Waals surface area (Å²) in [7, 11) is -1.72. The second-order valence-corrected chi connectivity index (χ2v) is 8.80. The first-order valence-electron chi connectivity index (χ1n) is 10.9. The number of rotatable bonds is 16. The zero-order valence-electron chi connectivity index (χ0n) is 17.7. The van der Waals surface area contributed by atoms with Crippen molar-refractivity contribution < 1.29 is 25.6 Å². The minimum Gasteiger partial charge on any atom is -0.141 e. The summed E-state index contributed by atoms with van der Waals surface area (Å²) in [5.74, 6) is 0.533. The third kappa shape index (κ3) is 12.8. The Morgan fingerprint density at radius 2 is 1.44 bits per heavy atom. The smallest absolute Gasteiger partial charge is 0.141 e. The van der Waals surface area contributed by atoms with Crippen LogP contribution in [-0.4, -0.2) is 6.61 Å². The minimum absolute atomic E-state index is 0. The first-order valence-corrected chi connectivity index (χ1v) is 12.1. The Hall–Kier alpha value is -0.226. The summed E-state index contributed by atoms with van der Waals surface area (Å²) < 4.78 is 18.0. The zero-order chi connectivity index (χ0) is 19.0. The van der Waals surface area contributed by atoms with Crippen molar-refractivity contribution in [3.05, 3.63) is 29.8 Å². The average Bonchev–Trinajstić information content (AvgIpc) is 2.67. The molecule has 0 saturated heterocycles. The molecule has 0 aliphatic rings. The molecule has 0 N–H and O–H groups in total. The van der Waals surface area contributed by atoms with Gasteiger partial charge in [-0.1, -0.05) is 90.7 Å². The molecule has 158 valence electrons. The third-order valence-corrected chi connectivity index (χ3v) is 6.29. The summed E-state index contributed by atoms with van der Waals surface area (Å²) in [4.78, 5) is 0.